The zero-order chi connectivity index (χ0) is 11.2. The van der Waals surface area contributed by atoms with E-state index in [9.17, 15) is 0 Å². The van der Waals surface area contributed by atoms with Gasteiger partial charge in [-0.1, -0.05) is 22.0 Å². The van der Waals surface area contributed by atoms with Crippen molar-refractivity contribution in [3.05, 3.63) is 30.1 Å². The number of nitrogens with one attached hydrogen (secondary N) is 1. The molecule has 1 aromatic carbocycles. The van der Waals surface area contributed by atoms with E-state index in [2.05, 4.69) is 44.1 Å². The minimum Gasteiger partial charge on any atom is -0.381 e. The zero-order valence-corrected chi connectivity index (χ0v) is 10.7. The van der Waals surface area contributed by atoms with Gasteiger partial charge >= 0.3 is 0 Å². The van der Waals surface area contributed by atoms with Crippen LogP contribution in [0.15, 0.2) is 24.5 Å². The van der Waals surface area contributed by atoms with Gasteiger partial charge in [0.15, 0.2) is 0 Å². The summed E-state index contributed by atoms with van der Waals surface area (Å²) in [5, 5.41) is 0.910. The number of rotatable bonds is 6. The second-order valence-corrected chi connectivity index (χ2v) is 4.45. The van der Waals surface area contributed by atoms with Crippen LogP contribution in [0.5, 0.6) is 0 Å². The molecule has 0 aliphatic heterocycles. The molecule has 0 fully saturated rings. The number of aromatic nitrogens is 2. The lowest BCUT2D eigenvalue weighted by atomic mass is 10.1. The summed E-state index contributed by atoms with van der Waals surface area (Å²) in [5.74, 6) is 0. The topological polar surface area (TPSA) is 37.9 Å². The number of hydrogen-bond donors (Lipinski definition) is 1. The Morgan fingerprint density at radius 1 is 1.31 bits per heavy atom. The van der Waals surface area contributed by atoms with E-state index in [4.69, 9.17) is 4.74 Å². The molecule has 2 aromatic rings. The van der Waals surface area contributed by atoms with Crippen LogP contribution >= 0.6 is 15.9 Å². The molecule has 16 heavy (non-hydrogen) atoms. The van der Waals surface area contributed by atoms with E-state index >= 15 is 0 Å². The van der Waals surface area contributed by atoms with E-state index in [-0.39, 0.29) is 0 Å². The average molecular weight is 283 g/mol. The number of aryl methyl sites for hydroxylation is 1. The molecule has 0 saturated carbocycles. The van der Waals surface area contributed by atoms with E-state index in [1.165, 1.54) is 5.56 Å². The van der Waals surface area contributed by atoms with Crippen LogP contribution in [0.2, 0.25) is 0 Å². The lowest BCUT2D eigenvalue weighted by molar-refractivity contribution is 0.148. The summed E-state index contributed by atoms with van der Waals surface area (Å²) >= 11 is 3.33. The summed E-state index contributed by atoms with van der Waals surface area (Å²) in [6.07, 6.45) is 3.84. The number of ether oxygens (including phenoxy) is 1. The molecule has 0 aliphatic rings. The summed E-state index contributed by atoms with van der Waals surface area (Å²) in [5.41, 5.74) is 3.47. The van der Waals surface area contributed by atoms with Crippen LogP contribution in [-0.2, 0) is 11.2 Å². The fourth-order valence-corrected chi connectivity index (χ4v) is 1.90. The molecule has 0 atom stereocenters. The maximum absolute atomic E-state index is 5.41. The SMILES string of the molecule is BrCCOCCCc1ccc2nc[nH]c2c1. The maximum atomic E-state index is 5.41. The molecule has 1 N–H and O–H groups in total. The number of H-pyrrole nitrogens is 1. The van der Waals surface area contributed by atoms with Crippen molar-refractivity contribution in [2.45, 2.75) is 12.8 Å². The van der Waals surface area contributed by atoms with Crippen LogP contribution in [0.1, 0.15) is 12.0 Å². The van der Waals surface area contributed by atoms with E-state index in [1.54, 1.807) is 6.33 Å². The van der Waals surface area contributed by atoms with Gasteiger partial charge in [-0.25, -0.2) is 4.98 Å². The zero-order valence-electron chi connectivity index (χ0n) is 9.08. The second kappa shape index (κ2) is 6.01. The van der Waals surface area contributed by atoms with Crippen molar-refractivity contribution in [2.24, 2.45) is 0 Å². The van der Waals surface area contributed by atoms with Gasteiger partial charge in [-0.05, 0) is 30.5 Å². The minimum atomic E-state index is 0.791. The number of halogens is 1. The molecule has 1 aromatic heterocycles. The van der Waals surface area contributed by atoms with Gasteiger partial charge in [-0.15, -0.1) is 0 Å². The first-order chi connectivity index (χ1) is 7.90. The lowest BCUT2D eigenvalue weighted by Gasteiger charge is -2.02. The fourth-order valence-electron chi connectivity index (χ4n) is 1.67. The minimum absolute atomic E-state index is 0.791. The van der Waals surface area contributed by atoms with E-state index in [1.807, 2.05) is 0 Å². The standard InChI is InChI=1S/C12H15BrN2O/c13-5-7-16-6-1-2-10-3-4-11-12(8-10)15-9-14-11/h3-4,8-9H,1-2,5-7H2,(H,14,15). The Morgan fingerprint density at radius 2 is 2.25 bits per heavy atom. The molecule has 4 heteroatoms. The quantitative estimate of drug-likeness (QED) is 0.654. The third-order valence-electron chi connectivity index (χ3n) is 2.46. The van der Waals surface area contributed by atoms with Crippen LogP contribution in [0.3, 0.4) is 0 Å². The van der Waals surface area contributed by atoms with Gasteiger partial charge in [0.05, 0.1) is 24.0 Å². The van der Waals surface area contributed by atoms with Gasteiger partial charge in [0.25, 0.3) is 0 Å². The van der Waals surface area contributed by atoms with Crippen LogP contribution < -0.4 is 0 Å². The largest absolute Gasteiger partial charge is 0.381 e. The average Bonchev–Trinajstić information content (AvgIpc) is 2.76. The number of fused-ring (bicyclic) bond motifs is 1. The van der Waals surface area contributed by atoms with Gasteiger partial charge in [0.1, 0.15) is 0 Å². The predicted molar refractivity (Wildman–Crippen MR) is 69.0 cm³/mol. The predicted octanol–water partition coefficient (Wildman–Crippen LogP) is 2.91. The summed E-state index contributed by atoms with van der Waals surface area (Å²) < 4.78 is 5.41. The molecule has 2 rings (SSSR count). The summed E-state index contributed by atoms with van der Waals surface area (Å²) in [4.78, 5) is 7.32. The molecule has 86 valence electrons. The molecular formula is C12H15BrN2O. The summed E-state index contributed by atoms with van der Waals surface area (Å²) in [7, 11) is 0. The molecule has 0 aliphatic carbocycles. The number of hydrogen-bond acceptors (Lipinski definition) is 2. The Bertz CT molecular complexity index is 441. The molecular weight excluding hydrogens is 268 g/mol. The van der Waals surface area contributed by atoms with Gasteiger partial charge in [-0.3, -0.25) is 0 Å². The maximum Gasteiger partial charge on any atom is 0.0931 e. The molecule has 0 amide bonds. The van der Waals surface area contributed by atoms with Crippen LogP contribution in [0, 0.1) is 0 Å². The number of nitrogens with zero attached hydrogens (tertiary/aromatic N) is 1. The van der Waals surface area contributed by atoms with Crippen molar-refractivity contribution in [3.8, 4) is 0 Å². The van der Waals surface area contributed by atoms with E-state index in [0.717, 1.165) is 42.4 Å². The Balaban J connectivity index is 1.84. The second-order valence-electron chi connectivity index (χ2n) is 3.66. The normalized spacial score (nSPS) is 11.1. The molecule has 1 heterocycles. The molecule has 0 saturated heterocycles. The Morgan fingerprint density at radius 3 is 3.12 bits per heavy atom. The fraction of sp³-hybridized carbons (Fsp3) is 0.417. The van der Waals surface area contributed by atoms with Crippen LogP contribution in [0.4, 0.5) is 0 Å². The number of aromatic amines is 1. The van der Waals surface area contributed by atoms with Crippen LogP contribution in [0.25, 0.3) is 11.0 Å². The van der Waals surface area contributed by atoms with Crippen molar-refractivity contribution < 1.29 is 4.74 Å². The van der Waals surface area contributed by atoms with Crippen molar-refractivity contribution >= 4 is 27.0 Å². The lowest BCUT2D eigenvalue weighted by Crippen LogP contribution is -1.99. The Kier molecular flexibility index (Phi) is 4.36. The van der Waals surface area contributed by atoms with Crippen molar-refractivity contribution in [3.63, 3.8) is 0 Å². The molecule has 0 spiro atoms. The first kappa shape index (κ1) is 11.6. The van der Waals surface area contributed by atoms with E-state index < -0.39 is 0 Å². The first-order valence-electron chi connectivity index (χ1n) is 5.46. The first-order valence-corrected chi connectivity index (χ1v) is 6.58. The number of benzene rings is 1. The highest BCUT2D eigenvalue weighted by molar-refractivity contribution is 9.09. The van der Waals surface area contributed by atoms with Gasteiger partial charge in [-0.2, -0.15) is 0 Å². The van der Waals surface area contributed by atoms with Crippen LogP contribution in [-0.4, -0.2) is 28.5 Å². The number of imidazole rings is 1. The Labute approximate surface area is 103 Å². The third kappa shape index (κ3) is 3.06. The Hall–Kier alpha value is -0.870. The molecule has 0 bridgehead atoms. The number of alkyl halides is 1. The van der Waals surface area contributed by atoms with Crippen molar-refractivity contribution in [1.29, 1.82) is 0 Å². The van der Waals surface area contributed by atoms with Crippen molar-refractivity contribution in [2.75, 3.05) is 18.5 Å². The smallest absolute Gasteiger partial charge is 0.0931 e. The molecule has 0 radical (unpaired) electrons. The summed E-state index contributed by atoms with van der Waals surface area (Å²) in [6.45, 7) is 1.62. The highest BCUT2D eigenvalue weighted by Crippen LogP contribution is 2.12. The van der Waals surface area contributed by atoms with Gasteiger partial charge in [0, 0.05) is 11.9 Å². The van der Waals surface area contributed by atoms with Crippen molar-refractivity contribution in [1.82, 2.24) is 9.97 Å². The van der Waals surface area contributed by atoms with E-state index in [0.29, 0.717) is 0 Å². The monoisotopic (exact) mass is 282 g/mol. The third-order valence-corrected chi connectivity index (χ3v) is 2.78. The van der Waals surface area contributed by atoms with Gasteiger partial charge in [0.2, 0.25) is 0 Å². The summed E-state index contributed by atoms with van der Waals surface area (Å²) in [6, 6.07) is 6.35. The molecule has 0 unspecified atom stereocenters. The van der Waals surface area contributed by atoms with Gasteiger partial charge < -0.3 is 9.72 Å². The highest BCUT2D eigenvalue weighted by Gasteiger charge is 1.98. The molecule has 3 nitrogen and oxygen atoms in total. The highest BCUT2D eigenvalue weighted by atomic mass is 79.9.